The van der Waals surface area contributed by atoms with Crippen LogP contribution < -0.4 is 11.2 Å². The number of carboxylic acids is 1. The van der Waals surface area contributed by atoms with Crippen LogP contribution in [0.1, 0.15) is 49.0 Å². The summed E-state index contributed by atoms with van der Waals surface area (Å²) >= 11 is 5.85. The number of carboxylic acid groups (broad SMARTS) is 1. The van der Waals surface area contributed by atoms with Crippen LogP contribution in [0.4, 0.5) is 5.69 Å². The van der Waals surface area contributed by atoms with Gasteiger partial charge in [-0.2, -0.15) is 0 Å². The third-order valence-corrected chi connectivity index (χ3v) is 5.13. The normalized spacial score (nSPS) is 11.5. The van der Waals surface area contributed by atoms with Crippen LogP contribution in [-0.2, 0) is 11.3 Å². The van der Waals surface area contributed by atoms with E-state index in [0.717, 1.165) is 16.8 Å². The van der Waals surface area contributed by atoms with Gasteiger partial charge in [0, 0.05) is 22.0 Å². The smallest absolute Gasteiger partial charge is 0.307 e. The number of carbonyl (C=O) groups excluding carboxylic acids is 1. The molecular formula is C24H28ClN3O3. The summed E-state index contributed by atoms with van der Waals surface area (Å²) in [5.74, 6) is 5.16. The van der Waals surface area contributed by atoms with Gasteiger partial charge >= 0.3 is 5.97 Å². The number of hydrazine groups is 1. The van der Waals surface area contributed by atoms with Crippen molar-refractivity contribution in [2.45, 2.75) is 39.7 Å². The highest BCUT2D eigenvalue weighted by Crippen LogP contribution is 2.25. The van der Waals surface area contributed by atoms with Crippen LogP contribution in [0.15, 0.2) is 72.0 Å². The number of hydrogen-bond donors (Lipinski definition) is 3. The van der Waals surface area contributed by atoms with Gasteiger partial charge in [0.05, 0.1) is 13.0 Å². The Hall–Kier alpha value is -3.09. The fourth-order valence-electron chi connectivity index (χ4n) is 3.18. The second-order valence-electron chi connectivity index (χ2n) is 7.09. The largest absolute Gasteiger partial charge is 0.481 e. The highest BCUT2D eigenvalue weighted by molar-refractivity contribution is 6.30. The predicted molar refractivity (Wildman–Crippen MR) is 125 cm³/mol. The van der Waals surface area contributed by atoms with Crippen LogP contribution in [0.3, 0.4) is 0 Å². The third-order valence-electron chi connectivity index (χ3n) is 4.88. The topological polar surface area (TPSA) is 95.7 Å². The van der Waals surface area contributed by atoms with Gasteiger partial charge in [-0.15, -0.1) is 0 Å². The van der Waals surface area contributed by atoms with Crippen molar-refractivity contribution >= 4 is 29.2 Å². The number of allylic oxidation sites excluding steroid dienone is 2. The maximum atomic E-state index is 12.3. The number of carbonyl (C=O) groups is 2. The molecule has 31 heavy (non-hydrogen) atoms. The molecule has 0 spiro atoms. The Kier molecular flexibility index (Phi) is 8.85. The molecule has 0 radical (unpaired) electrons. The first-order valence-electron chi connectivity index (χ1n) is 10.0. The molecule has 164 valence electrons. The van der Waals surface area contributed by atoms with Crippen molar-refractivity contribution in [3.63, 3.8) is 0 Å². The number of benzene rings is 2. The number of rotatable bonds is 10. The van der Waals surface area contributed by atoms with Gasteiger partial charge in [0.15, 0.2) is 0 Å². The van der Waals surface area contributed by atoms with Crippen LogP contribution >= 0.6 is 11.6 Å². The minimum Gasteiger partial charge on any atom is -0.481 e. The highest BCUT2D eigenvalue weighted by atomic mass is 35.5. The molecule has 0 bridgehead atoms. The van der Waals surface area contributed by atoms with Crippen molar-refractivity contribution in [2.24, 2.45) is 5.84 Å². The molecule has 2 aromatic carbocycles. The summed E-state index contributed by atoms with van der Waals surface area (Å²) in [5.41, 5.74) is 4.30. The van der Waals surface area contributed by atoms with E-state index in [2.05, 4.69) is 11.9 Å². The van der Waals surface area contributed by atoms with Gasteiger partial charge in [0.2, 0.25) is 0 Å². The monoisotopic (exact) mass is 441 g/mol. The van der Waals surface area contributed by atoms with Gasteiger partial charge in [0.1, 0.15) is 0 Å². The molecule has 2 aromatic rings. The molecule has 0 saturated heterocycles. The van der Waals surface area contributed by atoms with E-state index in [9.17, 15) is 14.7 Å². The summed E-state index contributed by atoms with van der Waals surface area (Å²) < 4.78 is 0. The fourth-order valence-corrected chi connectivity index (χ4v) is 3.30. The molecule has 0 aliphatic carbocycles. The van der Waals surface area contributed by atoms with E-state index in [-0.39, 0.29) is 12.3 Å². The molecule has 0 aliphatic rings. The van der Waals surface area contributed by atoms with Gasteiger partial charge in [-0.25, -0.2) is 5.84 Å². The maximum absolute atomic E-state index is 12.3. The number of nitrogens with one attached hydrogen (secondary N) is 1. The van der Waals surface area contributed by atoms with Crippen LogP contribution in [0, 0.1) is 0 Å². The van der Waals surface area contributed by atoms with Gasteiger partial charge in [0.25, 0.3) is 5.91 Å². The van der Waals surface area contributed by atoms with E-state index in [4.69, 9.17) is 17.4 Å². The van der Waals surface area contributed by atoms with Crippen molar-refractivity contribution in [2.75, 3.05) is 5.32 Å². The van der Waals surface area contributed by atoms with E-state index in [1.807, 2.05) is 26.0 Å². The molecule has 0 atom stereocenters. The Labute approximate surface area is 188 Å². The van der Waals surface area contributed by atoms with Crippen LogP contribution in [-0.4, -0.2) is 22.0 Å². The fraction of sp³-hybridized carbons (Fsp3) is 0.250. The van der Waals surface area contributed by atoms with E-state index in [0.29, 0.717) is 41.2 Å². The van der Waals surface area contributed by atoms with E-state index in [1.165, 1.54) is 0 Å². The first-order valence-corrected chi connectivity index (χ1v) is 10.4. The molecule has 0 aromatic heterocycles. The Morgan fingerprint density at radius 3 is 2.19 bits per heavy atom. The van der Waals surface area contributed by atoms with E-state index in [1.54, 1.807) is 41.4 Å². The predicted octanol–water partition coefficient (Wildman–Crippen LogP) is 5.37. The lowest BCUT2D eigenvalue weighted by molar-refractivity contribution is -0.136. The van der Waals surface area contributed by atoms with Crippen LogP contribution in [0.2, 0.25) is 5.02 Å². The lowest BCUT2D eigenvalue weighted by Crippen LogP contribution is -2.31. The molecule has 0 saturated carbocycles. The Balaban J connectivity index is 2.12. The quantitative estimate of drug-likeness (QED) is 0.261. The zero-order valence-electron chi connectivity index (χ0n) is 17.8. The Morgan fingerprint density at radius 1 is 1.06 bits per heavy atom. The number of anilines is 1. The number of hydrogen-bond acceptors (Lipinski definition) is 4. The zero-order valence-corrected chi connectivity index (χ0v) is 18.6. The van der Waals surface area contributed by atoms with Crippen molar-refractivity contribution in [1.29, 1.82) is 0 Å². The number of aliphatic carboxylic acids is 1. The molecule has 0 aliphatic heterocycles. The minimum atomic E-state index is -0.912. The zero-order chi connectivity index (χ0) is 23.0. The van der Waals surface area contributed by atoms with Crippen molar-refractivity contribution in [1.82, 2.24) is 5.01 Å². The minimum absolute atomic E-state index is 0.112. The number of nitrogens with two attached hydrogens (primary N) is 1. The van der Waals surface area contributed by atoms with Crippen molar-refractivity contribution in [3.05, 3.63) is 88.1 Å². The van der Waals surface area contributed by atoms with E-state index >= 15 is 0 Å². The summed E-state index contributed by atoms with van der Waals surface area (Å²) in [6, 6.07) is 14.0. The molecule has 2 rings (SSSR count). The first kappa shape index (κ1) is 24.2. The Morgan fingerprint density at radius 2 is 1.68 bits per heavy atom. The molecule has 0 fully saturated rings. The van der Waals surface area contributed by atoms with Crippen LogP contribution in [0.5, 0.6) is 0 Å². The van der Waals surface area contributed by atoms with Gasteiger partial charge in [-0.05, 0) is 65.9 Å². The highest BCUT2D eigenvalue weighted by Gasteiger charge is 2.16. The summed E-state index contributed by atoms with van der Waals surface area (Å²) in [4.78, 5) is 23.6. The summed E-state index contributed by atoms with van der Waals surface area (Å²) in [5, 5.41) is 14.2. The molecule has 6 nitrogen and oxygen atoms in total. The number of amides is 1. The second kappa shape index (κ2) is 11.3. The molecule has 4 N–H and O–H groups in total. The molecular weight excluding hydrogens is 414 g/mol. The number of nitrogens with zero attached hydrogens (tertiary/aromatic N) is 1. The van der Waals surface area contributed by atoms with Crippen LogP contribution in [0.25, 0.3) is 0 Å². The Bertz CT molecular complexity index is 967. The molecule has 0 heterocycles. The average molecular weight is 442 g/mol. The second-order valence-corrected chi connectivity index (χ2v) is 7.53. The summed E-state index contributed by atoms with van der Waals surface area (Å²) in [6.07, 6.45) is 1.13. The summed E-state index contributed by atoms with van der Waals surface area (Å²) in [6.45, 7) is 8.28. The van der Waals surface area contributed by atoms with Gasteiger partial charge in [-0.1, -0.05) is 44.2 Å². The lowest BCUT2D eigenvalue weighted by Gasteiger charge is -2.25. The average Bonchev–Trinajstić information content (AvgIpc) is 2.74. The lowest BCUT2D eigenvalue weighted by atomic mass is 9.98. The van der Waals surface area contributed by atoms with Crippen molar-refractivity contribution in [3.8, 4) is 0 Å². The SMILES string of the molecule is C=C(CC)/C(CC(=O)O)=C(/CC)N(N)Cc1ccc(NC(=O)c2ccc(Cl)cc2)cc1. The first-order chi connectivity index (χ1) is 14.7. The molecule has 1 amide bonds. The standard InChI is InChI=1S/C24H28ClN3O3/c1-4-16(3)21(14-23(29)30)22(5-2)28(26)15-17-6-12-20(13-7-17)27-24(31)18-8-10-19(25)11-9-18/h6-13H,3-5,14-15,26H2,1-2H3,(H,27,31)(H,29,30)/b22-21-. The number of halogens is 1. The van der Waals surface area contributed by atoms with Gasteiger partial charge < -0.3 is 15.4 Å². The summed E-state index contributed by atoms with van der Waals surface area (Å²) in [7, 11) is 0. The van der Waals surface area contributed by atoms with Gasteiger partial charge in [-0.3, -0.25) is 9.59 Å². The maximum Gasteiger partial charge on any atom is 0.307 e. The van der Waals surface area contributed by atoms with E-state index < -0.39 is 5.97 Å². The van der Waals surface area contributed by atoms with Crippen molar-refractivity contribution < 1.29 is 14.7 Å². The third kappa shape index (κ3) is 6.98. The molecule has 7 heteroatoms. The molecule has 0 unspecified atom stereocenters.